The maximum absolute atomic E-state index is 13.8. The Balaban J connectivity index is 1.46. The SMILES string of the molecule is Cc1cc(C)c2nc(-c3ccccn3)cc(C(=O)N3CCN(S(=O)(=O)c4ccc(F)cc4)CC3)c2c1. The monoisotopic (exact) mass is 504 g/mol. The fraction of sp³-hybridized carbons (Fsp3) is 0.222. The van der Waals surface area contributed by atoms with Gasteiger partial charge in [-0.25, -0.2) is 17.8 Å². The molecule has 4 aromatic rings. The summed E-state index contributed by atoms with van der Waals surface area (Å²) in [5.74, 6) is -0.673. The van der Waals surface area contributed by atoms with Crippen LogP contribution in [0.25, 0.3) is 22.3 Å². The van der Waals surface area contributed by atoms with Crippen molar-refractivity contribution < 1.29 is 17.6 Å². The van der Waals surface area contributed by atoms with E-state index in [0.29, 0.717) is 17.0 Å². The van der Waals surface area contributed by atoms with Gasteiger partial charge in [-0.15, -0.1) is 0 Å². The zero-order chi connectivity index (χ0) is 25.4. The molecule has 0 bridgehead atoms. The Labute approximate surface area is 209 Å². The molecule has 1 aliphatic rings. The number of fused-ring (bicyclic) bond motifs is 1. The van der Waals surface area contributed by atoms with E-state index in [1.165, 1.54) is 16.4 Å². The number of amides is 1. The molecule has 1 amide bonds. The van der Waals surface area contributed by atoms with Gasteiger partial charge in [0.2, 0.25) is 10.0 Å². The Bertz CT molecular complexity index is 1550. The van der Waals surface area contributed by atoms with E-state index in [1.807, 2.05) is 44.2 Å². The van der Waals surface area contributed by atoms with Crippen LogP contribution in [0.3, 0.4) is 0 Å². The molecule has 0 aliphatic carbocycles. The fourth-order valence-electron chi connectivity index (χ4n) is 4.56. The van der Waals surface area contributed by atoms with Gasteiger partial charge in [0.15, 0.2) is 0 Å². The third-order valence-electron chi connectivity index (χ3n) is 6.38. The molecule has 0 saturated carbocycles. The number of aromatic nitrogens is 2. The first-order valence-corrected chi connectivity index (χ1v) is 13.1. The third-order valence-corrected chi connectivity index (χ3v) is 8.30. The standard InChI is InChI=1S/C27H25FN4O3S/c1-18-15-19(2)26-22(16-18)23(17-25(30-26)24-5-3-4-10-29-24)27(33)31-11-13-32(14-12-31)36(34,35)21-8-6-20(28)7-9-21/h3-10,15-17H,11-14H2,1-2H3. The van der Waals surface area contributed by atoms with Crippen LogP contribution in [0.5, 0.6) is 0 Å². The number of carbonyl (C=O) groups excluding carboxylic acids is 1. The van der Waals surface area contributed by atoms with Gasteiger partial charge >= 0.3 is 0 Å². The summed E-state index contributed by atoms with van der Waals surface area (Å²) in [7, 11) is -3.77. The lowest BCUT2D eigenvalue weighted by Crippen LogP contribution is -2.50. The molecule has 9 heteroatoms. The predicted molar refractivity (Wildman–Crippen MR) is 136 cm³/mol. The maximum atomic E-state index is 13.8. The van der Waals surface area contributed by atoms with Crippen molar-refractivity contribution in [2.45, 2.75) is 18.7 Å². The van der Waals surface area contributed by atoms with Crippen LogP contribution in [0, 0.1) is 19.7 Å². The Morgan fingerprint density at radius 1 is 0.917 bits per heavy atom. The average molecular weight is 505 g/mol. The van der Waals surface area contributed by atoms with Crippen LogP contribution < -0.4 is 0 Å². The molecule has 36 heavy (non-hydrogen) atoms. The van der Waals surface area contributed by atoms with E-state index >= 15 is 0 Å². The summed E-state index contributed by atoms with van der Waals surface area (Å²) in [6.45, 7) is 4.74. The summed E-state index contributed by atoms with van der Waals surface area (Å²) >= 11 is 0. The van der Waals surface area contributed by atoms with Crippen LogP contribution in [0.15, 0.2) is 71.8 Å². The zero-order valence-corrected chi connectivity index (χ0v) is 20.8. The maximum Gasteiger partial charge on any atom is 0.254 e. The largest absolute Gasteiger partial charge is 0.336 e. The quantitative estimate of drug-likeness (QED) is 0.416. The van der Waals surface area contributed by atoms with E-state index in [-0.39, 0.29) is 37.0 Å². The molecule has 3 heterocycles. The summed E-state index contributed by atoms with van der Waals surface area (Å²) in [4.78, 5) is 24.7. The number of rotatable bonds is 4. The van der Waals surface area contributed by atoms with Gasteiger partial charge in [0.25, 0.3) is 5.91 Å². The van der Waals surface area contributed by atoms with Crippen molar-refractivity contribution in [1.82, 2.24) is 19.2 Å². The van der Waals surface area contributed by atoms with Crippen LogP contribution in [-0.4, -0.2) is 59.7 Å². The molecule has 1 saturated heterocycles. The van der Waals surface area contributed by atoms with Crippen LogP contribution in [0.2, 0.25) is 0 Å². The van der Waals surface area contributed by atoms with E-state index in [1.54, 1.807) is 17.2 Å². The Morgan fingerprint density at radius 3 is 2.31 bits per heavy atom. The number of pyridine rings is 2. The lowest BCUT2D eigenvalue weighted by atomic mass is 10.00. The van der Waals surface area contributed by atoms with Crippen molar-refractivity contribution in [1.29, 1.82) is 0 Å². The lowest BCUT2D eigenvalue weighted by Gasteiger charge is -2.34. The Morgan fingerprint density at radius 2 is 1.64 bits per heavy atom. The number of hydrogen-bond donors (Lipinski definition) is 0. The van der Waals surface area contributed by atoms with Crippen molar-refractivity contribution in [2.24, 2.45) is 0 Å². The number of carbonyl (C=O) groups is 1. The molecule has 7 nitrogen and oxygen atoms in total. The minimum atomic E-state index is -3.77. The number of halogens is 1. The normalized spacial score (nSPS) is 14.8. The van der Waals surface area contributed by atoms with Crippen LogP contribution >= 0.6 is 0 Å². The molecule has 0 N–H and O–H groups in total. The van der Waals surface area contributed by atoms with Crippen molar-refractivity contribution >= 4 is 26.8 Å². The molecular weight excluding hydrogens is 479 g/mol. The van der Waals surface area contributed by atoms with Gasteiger partial charge in [0.1, 0.15) is 5.82 Å². The van der Waals surface area contributed by atoms with Gasteiger partial charge in [-0.2, -0.15) is 4.31 Å². The minimum Gasteiger partial charge on any atom is -0.336 e. The first-order chi connectivity index (χ1) is 17.2. The van der Waals surface area contributed by atoms with Gasteiger partial charge in [0, 0.05) is 37.8 Å². The molecule has 2 aromatic heterocycles. The van der Waals surface area contributed by atoms with Crippen molar-refractivity contribution in [3.05, 3.63) is 89.4 Å². The van der Waals surface area contributed by atoms with Gasteiger partial charge in [0.05, 0.1) is 27.4 Å². The molecule has 1 aliphatic heterocycles. The molecule has 0 unspecified atom stereocenters. The van der Waals surface area contributed by atoms with E-state index in [0.717, 1.165) is 34.2 Å². The summed E-state index contributed by atoms with van der Waals surface area (Å²) in [6, 6.07) is 16.1. The molecular formula is C27H25FN4O3S. The molecule has 2 aromatic carbocycles. The highest BCUT2D eigenvalue weighted by Crippen LogP contribution is 2.29. The van der Waals surface area contributed by atoms with Gasteiger partial charge in [-0.05, 0) is 67.9 Å². The lowest BCUT2D eigenvalue weighted by molar-refractivity contribution is 0.0700. The topological polar surface area (TPSA) is 83.5 Å². The van der Waals surface area contributed by atoms with Gasteiger partial charge in [-0.3, -0.25) is 9.78 Å². The highest BCUT2D eigenvalue weighted by Gasteiger charge is 2.31. The van der Waals surface area contributed by atoms with Crippen molar-refractivity contribution in [3.63, 3.8) is 0 Å². The number of hydrogen-bond acceptors (Lipinski definition) is 5. The summed E-state index contributed by atoms with van der Waals surface area (Å²) in [5.41, 5.74) is 4.52. The zero-order valence-electron chi connectivity index (χ0n) is 20.0. The number of aryl methyl sites for hydroxylation is 2. The van der Waals surface area contributed by atoms with Crippen LogP contribution in [-0.2, 0) is 10.0 Å². The highest BCUT2D eigenvalue weighted by molar-refractivity contribution is 7.89. The molecule has 1 fully saturated rings. The molecule has 0 spiro atoms. The van der Waals surface area contributed by atoms with Gasteiger partial charge < -0.3 is 4.90 Å². The van der Waals surface area contributed by atoms with Crippen LogP contribution in [0.4, 0.5) is 4.39 Å². The fourth-order valence-corrected chi connectivity index (χ4v) is 5.98. The summed E-state index contributed by atoms with van der Waals surface area (Å²) in [6.07, 6.45) is 1.69. The van der Waals surface area contributed by atoms with Crippen molar-refractivity contribution in [3.8, 4) is 11.4 Å². The number of benzene rings is 2. The first kappa shape index (κ1) is 24.0. The summed E-state index contributed by atoms with van der Waals surface area (Å²) < 4.78 is 40.6. The van der Waals surface area contributed by atoms with Crippen LogP contribution in [0.1, 0.15) is 21.5 Å². The molecule has 0 radical (unpaired) electrons. The van der Waals surface area contributed by atoms with E-state index in [2.05, 4.69) is 4.98 Å². The average Bonchev–Trinajstić information content (AvgIpc) is 2.88. The first-order valence-electron chi connectivity index (χ1n) is 11.6. The van der Waals surface area contributed by atoms with E-state index < -0.39 is 15.8 Å². The number of sulfonamides is 1. The molecule has 184 valence electrons. The van der Waals surface area contributed by atoms with E-state index in [9.17, 15) is 17.6 Å². The molecule has 0 atom stereocenters. The second kappa shape index (κ2) is 9.40. The Kier molecular flexibility index (Phi) is 6.27. The predicted octanol–water partition coefficient (Wildman–Crippen LogP) is 4.20. The smallest absolute Gasteiger partial charge is 0.254 e. The number of nitrogens with zero attached hydrogens (tertiary/aromatic N) is 4. The highest BCUT2D eigenvalue weighted by atomic mass is 32.2. The summed E-state index contributed by atoms with van der Waals surface area (Å²) in [5, 5.41) is 0.763. The number of piperazine rings is 1. The Hall–Kier alpha value is -3.69. The van der Waals surface area contributed by atoms with Gasteiger partial charge in [-0.1, -0.05) is 17.7 Å². The van der Waals surface area contributed by atoms with Crippen molar-refractivity contribution in [2.75, 3.05) is 26.2 Å². The second-order valence-electron chi connectivity index (χ2n) is 8.90. The molecule has 5 rings (SSSR count). The third kappa shape index (κ3) is 4.47. The van der Waals surface area contributed by atoms with E-state index in [4.69, 9.17) is 4.98 Å². The second-order valence-corrected chi connectivity index (χ2v) is 10.8. The minimum absolute atomic E-state index is 0.0368.